The number of aryl methyl sites for hydroxylation is 1. The van der Waals surface area contributed by atoms with Crippen molar-refractivity contribution in [2.75, 3.05) is 6.54 Å². The highest BCUT2D eigenvalue weighted by molar-refractivity contribution is 7.89. The first-order chi connectivity index (χ1) is 9.80. The van der Waals surface area contributed by atoms with Crippen LogP contribution in [-0.4, -0.2) is 41.1 Å². The van der Waals surface area contributed by atoms with Crippen molar-refractivity contribution < 1.29 is 8.42 Å². The average Bonchev–Trinajstić information content (AvgIpc) is 2.64. The monoisotopic (exact) mass is 314 g/mol. The lowest BCUT2D eigenvalue weighted by atomic mass is 10.0. The van der Waals surface area contributed by atoms with E-state index < -0.39 is 10.0 Å². The predicted molar refractivity (Wildman–Crippen MR) is 82.6 cm³/mol. The molecule has 1 aromatic rings. The second kappa shape index (κ2) is 6.06. The van der Waals surface area contributed by atoms with Crippen molar-refractivity contribution >= 4 is 10.0 Å². The van der Waals surface area contributed by atoms with Crippen LogP contribution in [0.25, 0.3) is 0 Å². The highest BCUT2D eigenvalue weighted by Crippen LogP contribution is 2.32. The Hall–Kier alpha value is -0.920. The zero-order valence-electron chi connectivity index (χ0n) is 13.3. The Morgan fingerprint density at radius 2 is 1.81 bits per heavy atom. The maximum absolute atomic E-state index is 13.1. The largest absolute Gasteiger partial charge is 0.329 e. The first-order valence-electron chi connectivity index (χ1n) is 7.58. The molecule has 0 aliphatic carbocycles. The first-order valence-corrected chi connectivity index (χ1v) is 9.02. The molecular weight excluding hydrogens is 288 g/mol. The van der Waals surface area contributed by atoms with Crippen molar-refractivity contribution in [3.05, 3.63) is 11.4 Å². The summed E-state index contributed by atoms with van der Waals surface area (Å²) in [4.78, 5) is 0.358. The molecule has 2 heterocycles. The number of rotatable bonds is 4. The summed E-state index contributed by atoms with van der Waals surface area (Å²) >= 11 is 0. The third-order valence-electron chi connectivity index (χ3n) is 4.30. The molecule has 1 aliphatic rings. The van der Waals surface area contributed by atoms with Gasteiger partial charge in [-0.15, -0.1) is 0 Å². The molecular formula is C14H26N4O2S. The zero-order chi connectivity index (χ0) is 15.8. The van der Waals surface area contributed by atoms with Gasteiger partial charge in [-0.3, -0.25) is 4.68 Å². The zero-order valence-corrected chi connectivity index (χ0v) is 14.2. The smallest absolute Gasteiger partial charge is 0.247 e. The second-order valence-corrected chi connectivity index (χ2v) is 7.76. The van der Waals surface area contributed by atoms with Crippen LogP contribution in [0.5, 0.6) is 0 Å². The maximum atomic E-state index is 13.1. The van der Waals surface area contributed by atoms with Crippen LogP contribution in [-0.2, 0) is 16.6 Å². The fourth-order valence-electron chi connectivity index (χ4n) is 3.37. The van der Waals surface area contributed by atoms with E-state index in [-0.39, 0.29) is 12.1 Å². The van der Waals surface area contributed by atoms with Gasteiger partial charge in [0.05, 0.1) is 17.9 Å². The van der Waals surface area contributed by atoms with Gasteiger partial charge < -0.3 is 5.73 Å². The van der Waals surface area contributed by atoms with Crippen molar-refractivity contribution in [1.29, 1.82) is 0 Å². The molecule has 6 nitrogen and oxygen atoms in total. The summed E-state index contributed by atoms with van der Waals surface area (Å²) in [6, 6.07) is 0.0748. The van der Waals surface area contributed by atoms with E-state index in [1.54, 1.807) is 15.9 Å². The molecule has 0 radical (unpaired) electrons. The summed E-state index contributed by atoms with van der Waals surface area (Å²) in [6.07, 6.45) is 2.91. The van der Waals surface area contributed by atoms with Gasteiger partial charge in [-0.2, -0.15) is 9.40 Å². The van der Waals surface area contributed by atoms with E-state index in [9.17, 15) is 8.42 Å². The van der Waals surface area contributed by atoms with Crippen LogP contribution in [0, 0.1) is 13.8 Å². The van der Waals surface area contributed by atoms with Crippen LogP contribution in [0.4, 0.5) is 0 Å². The Labute approximate surface area is 127 Å². The summed E-state index contributed by atoms with van der Waals surface area (Å²) in [6.45, 7) is 8.52. The van der Waals surface area contributed by atoms with E-state index in [1.165, 1.54) is 0 Å². The third kappa shape index (κ3) is 2.86. The number of hydrogen-bond donors (Lipinski definition) is 1. The highest BCUT2D eigenvalue weighted by atomic mass is 32.2. The van der Waals surface area contributed by atoms with Crippen LogP contribution < -0.4 is 5.73 Å². The van der Waals surface area contributed by atoms with E-state index in [0.29, 0.717) is 29.4 Å². The van der Waals surface area contributed by atoms with E-state index in [1.807, 2.05) is 20.8 Å². The summed E-state index contributed by atoms with van der Waals surface area (Å²) in [5, 5.41) is 4.34. The fraction of sp³-hybridized carbons (Fsp3) is 0.786. The Morgan fingerprint density at radius 3 is 2.33 bits per heavy atom. The molecule has 1 aliphatic heterocycles. The second-order valence-electron chi connectivity index (χ2n) is 5.98. The van der Waals surface area contributed by atoms with Crippen molar-refractivity contribution in [3.8, 4) is 0 Å². The van der Waals surface area contributed by atoms with E-state index in [2.05, 4.69) is 5.10 Å². The summed E-state index contributed by atoms with van der Waals surface area (Å²) in [7, 11) is -3.51. The Bertz CT molecular complexity index is 599. The molecule has 120 valence electrons. The average molecular weight is 314 g/mol. The molecule has 0 spiro atoms. The summed E-state index contributed by atoms with van der Waals surface area (Å²) < 4.78 is 29.6. The van der Waals surface area contributed by atoms with Gasteiger partial charge in [-0.1, -0.05) is 6.42 Å². The molecule has 2 N–H and O–H groups in total. The lowest BCUT2D eigenvalue weighted by Gasteiger charge is -2.37. The normalized spacial score (nSPS) is 24.4. The van der Waals surface area contributed by atoms with Crippen LogP contribution in [0.1, 0.15) is 44.5 Å². The van der Waals surface area contributed by atoms with E-state index in [4.69, 9.17) is 5.73 Å². The minimum absolute atomic E-state index is 0.0374. The van der Waals surface area contributed by atoms with Crippen molar-refractivity contribution in [1.82, 2.24) is 14.1 Å². The number of piperidine rings is 1. The molecule has 21 heavy (non-hydrogen) atoms. The highest BCUT2D eigenvalue weighted by Gasteiger charge is 2.38. The van der Waals surface area contributed by atoms with Gasteiger partial charge in [-0.05, 0) is 40.5 Å². The quantitative estimate of drug-likeness (QED) is 0.911. The van der Waals surface area contributed by atoms with Gasteiger partial charge in [0, 0.05) is 18.6 Å². The van der Waals surface area contributed by atoms with Gasteiger partial charge >= 0.3 is 0 Å². The van der Waals surface area contributed by atoms with Crippen LogP contribution in [0.2, 0.25) is 0 Å². The topological polar surface area (TPSA) is 81.2 Å². The van der Waals surface area contributed by atoms with Gasteiger partial charge in [-0.25, -0.2) is 8.42 Å². The molecule has 2 atom stereocenters. The van der Waals surface area contributed by atoms with Crippen LogP contribution in [0.3, 0.4) is 0 Å². The minimum atomic E-state index is -3.51. The maximum Gasteiger partial charge on any atom is 0.247 e. The molecule has 0 bridgehead atoms. The molecule has 1 fully saturated rings. The van der Waals surface area contributed by atoms with Crippen molar-refractivity contribution in [2.24, 2.45) is 5.73 Å². The van der Waals surface area contributed by atoms with Gasteiger partial charge in [0.15, 0.2) is 0 Å². The SMILES string of the molecule is Cc1nn(CCN)c(C)c1S(=O)(=O)N1C(C)CCCC1C. The molecule has 7 heteroatoms. The number of nitrogens with zero attached hydrogens (tertiary/aromatic N) is 3. The van der Waals surface area contributed by atoms with E-state index >= 15 is 0 Å². The van der Waals surface area contributed by atoms with Crippen LogP contribution in [0.15, 0.2) is 4.90 Å². The van der Waals surface area contributed by atoms with Crippen LogP contribution >= 0.6 is 0 Å². The molecule has 2 rings (SSSR count). The minimum Gasteiger partial charge on any atom is -0.329 e. The molecule has 1 aromatic heterocycles. The number of nitrogens with two attached hydrogens (primary N) is 1. The summed E-state index contributed by atoms with van der Waals surface area (Å²) in [5.41, 5.74) is 6.81. The molecule has 0 aromatic carbocycles. The van der Waals surface area contributed by atoms with Crippen molar-refractivity contribution in [2.45, 2.75) is 70.5 Å². The first kappa shape index (κ1) is 16.5. The van der Waals surface area contributed by atoms with Gasteiger partial charge in [0.25, 0.3) is 0 Å². The number of sulfonamides is 1. The predicted octanol–water partition coefficient (Wildman–Crippen LogP) is 1.41. The lowest BCUT2D eigenvalue weighted by molar-refractivity contribution is 0.204. The molecule has 2 unspecified atom stereocenters. The van der Waals surface area contributed by atoms with Gasteiger partial charge in [0.1, 0.15) is 4.90 Å². The van der Waals surface area contributed by atoms with E-state index in [0.717, 1.165) is 19.3 Å². The molecule has 0 amide bonds. The number of hydrogen-bond acceptors (Lipinski definition) is 4. The Kier molecular flexibility index (Phi) is 4.75. The third-order valence-corrected chi connectivity index (χ3v) is 6.69. The van der Waals surface area contributed by atoms with Gasteiger partial charge in [0.2, 0.25) is 10.0 Å². The Morgan fingerprint density at radius 1 is 1.24 bits per heavy atom. The summed E-state index contributed by atoms with van der Waals surface area (Å²) in [5.74, 6) is 0. The molecule has 0 saturated carbocycles. The Balaban J connectivity index is 2.48. The number of aromatic nitrogens is 2. The fourth-order valence-corrected chi connectivity index (χ4v) is 5.63. The standard InChI is InChI=1S/C14H26N4O2S/c1-10-6-5-7-11(2)18(10)21(19,20)14-12(3)16-17(9-8-15)13(14)4/h10-11H,5-9,15H2,1-4H3. The molecule has 1 saturated heterocycles. The van der Waals surface area contributed by atoms with Crippen molar-refractivity contribution in [3.63, 3.8) is 0 Å². The lowest BCUT2D eigenvalue weighted by Crippen LogP contribution is -2.47.